The highest BCUT2D eigenvalue weighted by molar-refractivity contribution is 6.36. The lowest BCUT2D eigenvalue weighted by atomic mass is 10.00. The first-order valence-corrected chi connectivity index (χ1v) is 8.25. The third kappa shape index (κ3) is 4.87. The van der Waals surface area contributed by atoms with Gasteiger partial charge >= 0.3 is 0 Å². The Morgan fingerprint density at radius 1 is 1.43 bits per heavy atom. The second kappa shape index (κ2) is 8.02. The van der Waals surface area contributed by atoms with E-state index in [1.54, 1.807) is 0 Å². The molecule has 5 heteroatoms. The van der Waals surface area contributed by atoms with Crippen molar-refractivity contribution in [3.63, 3.8) is 0 Å². The van der Waals surface area contributed by atoms with Crippen LogP contribution >= 0.6 is 23.2 Å². The van der Waals surface area contributed by atoms with Gasteiger partial charge in [-0.15, -0.1) is 0 Å². The molecule has 1 fully saturated rings. The van der Waals surface area contributed by atoms with Gasteiger partial charge in [-0.25, -0.2) is 0 Å². The van der Waals surface area contributed by atoms with Crippen LogP contribution in [0.1, 0.15) is 37.7 Å². The van der Waals surface area contributed by atoms with Crippen LogP contribution in [0.2, 0.25) is 10.0 Å². The van der Waals surface area contributed by atoms with Gasteiger partial charge in [-0.1, -0.05) is 36.2 Å². The molecule has 116 valence electrons. The molecule has 0 aromatic heterocycles. The van der Waals surface area contributed by atoms with Crippen molar-refractivity contribution < 1.29 is 4.79 Å². The zero-order valence-electron chi connectivity index (χ0n) is 12.3. The molecule has 1 heterocycles. The summed E-state index contributed by atoms with van der Waals surface area (Å²) in [5.41, 5.74) is 0.904. The van der Waals surface area contributed by atoms with Gasteiger partial charge in [0.2, 0.25) is 5.91 Å². The largest absolute Gasteiger partial charge is 0.356 e. The number of carbonyl (C=O) groups is 1. The number of carbonyl (C=O) groups excluding carboxylic acids is 1. The van der Waals surface area contributed by atoms with Crippen LogP contribution in [-0.4, -0.2) is 25.5 Å². The van der Waals surface area contributed by atoms with Crippen molar-refractivity contribution in [1.29, 1.82) is 0 Å². The smallest absolute Gasteiger partial charge is 0.220 e. The standard InChI is InChI=1S/C16H22Cl2N2O/c1-11(16-13(17)3-2-4-14(16)18)9-20-15(21)6-5-12-7-8-19-10-12/h2-4,11-12,19H,5-10H2,1H3,(H,20,21). The number of halogens is 2. The van der Waals surface area contributed by atoms with Gasteiger partial charge in [0, 0.05) is 28.9 Å². The van der Waals surface area contributed by atoms with E-state index >= 15 is 0 Å². The highest BCUT2D eigenvalue weighted by Crippen LogP contribution is 2.30. The Kier molecular flexibility index (Phi) is 6.34. The second-order valence-electron chi connectivity index (χ2n) is 5.74. The van der Waals surface area contributed by atoms with Gasteiger partial charge in [0.25, 0.3) is 0 Å². The Hall–Kier alpha value is -0.770. The van der Waals surface area contributed by atoms with Gasteiger partial charge in [-0.2, -0.15) is 0 Å². The highest BCUT2D eigenvalue weighted by atomic mass is 35.5. The fourth-order valence-corrected chi connectivity index (χ4v) is 3.50. The van der Waals surface area contributed by atoms with E-state index < -0.39 is 0 Å². The van der Waals surface area contributed by atoms with Gasteiger partial charge in [0.15, 0.2) is 0 Å². The molecule has 1 aliphatic heterocycles. The van der Waals surface area contributed by atoms with Crippen molar-refractivity contribution in [1.82, 2.24) is 10.6 Å². The molecule has 2 N–H and O–H groups in total. The summed E-state index contributed by atoms with van der Waals surface area (Å²) in [5, 5.41) is 7.61. The van der Waals surface area contributed by atoms with Crippen LogP contribution in [-0.2, 0) is 4.79 Å². The topological polar surface area (TPSA) is 41.1 Å². The van der Waals surface area contributed by atoms with Crippen molar-refractivity contribution in [2.45, 2.75) is 32.1 Å². The van der Waals surface area contributed by atoms with E-state index in [0.29, 0.717) is 28.9 Å². The summed E-state index contributed by atoms with van der Waals surface area (Å²) in [4.78, 5) is 11.9. The van der Waals surface area contributed by atoms with Crippen LogP contribution in [0.25, 0.3) is 0 Å². The fraction of sp³-hybridized carbons (Fsp3) is 0.562. The molecule has 0 saturated carbocycles. The molecule has 2 atom stereocenters. The van der Waals surface area contributed by atoms with Gasteiger partial charge in [0.1, 0.15) is 0 Å². The SMILES string of the molecule is CC(CNC(=O)CCC1CCNC1)c1c(Cl)cccc1Cl. The molecule has 0 radical (unpaired) electrons. The molecule has 1 saturated heterocycles. The molecule has 1 aromatic carbocycles. The average Bonchev–Trinajstić information content (AvgIpc) is 2.96. The molecule has 0 aliphatic carbocycles. The molecule has 2 rings (SSSR count). The Labute approximate surface area is 136 Å². The third-order valence-electron chi connectivity index (χ3n) is 4.04. The first-order valence-electron chi connectivity index (χ1n) is 7.49. The lowest BCUT2D eigenvalue weighted by Gasteiger charge is -2.16. The minimum atomic E-state index is 0.100. The second-order valence-corrected chi connectivity index (χ2v) is 6.55. The maximum absolute atomic E-state index is 11.9. The Bertz CT molecular complexity index is 467. The predicted molar refractivity (Wildman–Crippen MR) is 88.1 cm³/mol. The molecule has 3 nitrogen and oxygen atoms in total. The Morgan fingerprint density at radius 3 is 2.76 bits per heavy atom. The molecular weight excluding hydrogens is 307 g/mol. The van der Waals surface area contributed by atoms with Crippen LogP contribution in [0.4, 0.5) is 0 Å². The maximum atomic E-state index is 11.9. The summed E-state index contributed by atoms with van der Waals surface area (Å²) in [6.07, 6.45) is 2.73. The van der Waals surface area contributed by atoms with E-state index in [0.717, 1.165) is 25.1 Å². The van der Waals surface area contributed by atoms with Crippen molar-refractivity contribution >= 4 is 29.1 Å². The summed E-state index contributed by atoms with van der Waals surface area (Å²) in [6, 6.07) is 5.48. The number of amides is 1. The summed E-state index contributed by atoms with van der Waals surface area (Å²) in [7, 11) is 0. The normalized spacial score (nSPS) is 19.5. The minimum Gasteiger partial charge on any atom is -0.356 e. The van der Waals surface area contributed by atoms with E-state index in [1.165, 1.54) is 6.42 Å². The van der Waals surface area contributed by atoms with E-state index in [4.69, 9.17) is 23.2 Å². The zero-order chi connectivity index (χ0) is 15.2. The van der Waals surface area contributed by atoms with Gasteiger partial charge < -0.3 is 10.6 Å². The molecule has 0 bridgehead atoms. The molecule has 1 aromatic rings. The molecule has 1 amide bonds. The average molecular weight is 329 g/mol. The van der Waals surface area contributed by atoms with Gasteiger partial charge in [-0.3, -0.25) is 4.79 Å². The first-order chi connectivity index (χ1) is 10.1. The Balaban J connectivity index is 1.77. The monoisotopic (exact) mass is 328 g/mol. The lowest BCUT2D eigenvalue weighted by molar-refractivity contribution is -0.121. The number of rotatable bonds is 6. The first kappa shape index (κ1) is 16.6. The van der Waals surface area contributed by atoms with Crippen LogP contribution in [0.5, 0.6) is 0 Å². The van der Waals surface area contributed by atoms with Gasteiger partial charge in [-0.05, 0) is 49.5 Å². The third-order valence-corrected chi connectivity index (χ3v) is 4.70. The van der Waals surface area contributed by atoms with Crippen LogP contribution < -0.4 is 10.6 Å². The van der Waals surface area contributed by atoms with E-state index in [-0.39, 0.29) is 11.8 Å². The molecular formula is C16H22Cl2N2O. The van der Waals surface area contributed by atoms with E-state index in [1.807, 2.05) is 25.1 Å². The molecule has 1 aliphatic rings. The summed E-state index contributed by atoms with van der Waals surface area (Å²) < 4.78 is 0. The summed E-state index contributed by atoms with van der Waals surface area (Å²) in [6.45, 7) is 4.70. The summed E-state index contributed by atoms with van der Waals surface area (Å²) >= 11 is 12.4. The van der Waals surface area contributed by atoms with Crippen LogP contribution in [0.15, 0.2) is 18.2 Å². The van der Waals surface area contributed by atoms with Crippen molar-refractivity contribution in [2.75, 3.05) is 19.6 Å². The van der Waals surface area contributed by atoms with E-state index in [9.17, 15) is 4.79 Å². The maximum Gasteiger partial charge on any atom is 0.220 e. The van der Waals surface area contributed by atoms with E-state index in [2.05, 4.69) is 10.6 Å². The van der Waals surface area contributed by atoms with Crippen LogP contribution in [0.3, 0.4) is 0 Å². The lowest BCUT2D eigenvalue weighted by Crippen LogP contribution is -2.28. The zero-order valence-corrected chi connectivity index (χ0v) is 13.8. The van der Waals surface area contributed by atoms with Crippen molar-refractivity contribution in [3.8, 4) is 0 Å². The molecule has 21 heavy (non-hydrogen) atoms. The van der Waals surface area contributed by atoms with Crippen molar-refractivity contribution in [2.24, 2.45) is 5.92 Å². The number of hydrogen-bond acceptors (Lipinski definition) is 2. The predicted octanol–water partition coefficient (Wildman–Crippen LogP) is 3.60. The quantitative estimate of drug-likeness (QED) is 0.837. The molecule has 2 unspecified atom stereocenters. The molecule has 0 spiro atoms. The summed E-state index contributed by atoms with van der Waals surface area (Å²) in [5.74, 6) is 0.853. The number of benzene rings is 1. The number of nitrogens with one attached hydrogen (secondary N) is 2. The minimum absolute atomic E-state index is 0.100. The van der Waals surface area contributed by atoms with Gasteiger partial charge in [0.05, 0.1) is 0 Å². The Morgan fingerprint density at radius 2 is 2.14 bits per heavy atom. The highest BCUT2D eigenvalue weighted by Gasteiger charge is 2.17. The van der Waals surface area contributed by atoms with Crippen molar-refractivity contribution in [3.05, 3.63) is 33.8 Å². The fourth-order valence-electron chi connectivity index (χ4n) is 2.73. The van der Waals surface area contributed by atoms with Crippen LogP contribution in [0, 0.1) is 5.92 Å². The number of hydrogen-bond donors (Lipinski definition) is 2.